The number of carbonyl (C=O) groups excluding carboxylic acids is 2. The van der Waals surface area contributed by atoms with E-state index < -0.39 is 21.8 Å². The van der Waals surface area contributed by atoms with Gasteiger partial charge in [0.15, 0.2) is 11.6 Å². The molecule has 1 aliphatic heterocycles. The van der Waals surface area contributed by atoms with E-state index in [-0.39, 0.29) is 32.3 Å². The fourth-order valence-corrected chi connectivity index (χ4v) is 4.95. The van der Waals surface area contributed by atoms with E-state index in [0.29, 0.717) is 18.1 Å². The summed E-state index contributed by atoms with van der Waals surface area (Å²) >= 11 is 0. The maximum Gasteiger partial charge on any atom is 0.251 e. The van der Waals surface area contributed by atoms with Crippen molar-refractivity contribution in [3.8, 4) is 0 Å². The van der Waals surface area contributed by atoms with Crippen LogP contribution in [0.25, 0.3) is 0 Å². The highest BCUT2D eigenvalue weighted by atomic mass is 32.2. The number of nitrogens with one attached hydrogen (secondary N) is 1. The van der Waals surface area contributed by atoms with Crippen LogP contribution in [-0.4, -0.2) is 30.2 Å². The smallest absolute Gasteiger partial charge is 0.251 e. The van der Waals surface area contributed by atoms with E-state index in [2.05, 4.69) is 15.5 Å². The molecule has 0 saturated carbocycles. The molecule has 1 atom stereocenters. The number of rotatable bonds is 4. The van der Waals surface area contributed by atoms with Crippen molar-refractivity contribution in [1.82, 2.24) is 15.5 Å². The molecular weight excluding hydrogens is 394 g/mol. The Morgan fingerprint density at radius 2 is 1.86 bits per heavy atom. The number of aromatic nitrogens is 2. The molecule has 0 radical (unpaired) electrons. The molecule has 1 unspecified atom stereocenters. The first-order valence-electron chi connectivity index (χ1n) is 8.97. The van der Waals surface area contributed by atoms with E-state index in [1.165, 1.54) is 30.3 Å². The predicted octanol–water partition coefficient (Wildman–Crippen LogP) is 2.64. The Bertz CT molecular complexity index is 1250. The molecular formula is C20H17N3O5S. The highest BCUT2D eigenvalue weighted by molar-refractivity contribution is 7.91. The number of hydrogen-bond donors (Lipinski definition) is 1. The Kier molecular flexibility index (Phi) is 4.54. The Labute approximate surface area is 166 Å². The summed E-state index contributed by atoms with van der Waals surface area (Å²) in [6.07, 6.45) is 0.514. The second-order valence-electron chi connectivity index (χ2n) is 6.65. The van der Waals surface area contributed by atoms with Crippen molar-refractivity contribution < 1.29 is 22.5 Å². The van der Waals surface area contributed by atoms with Gasteiger partial charge < -0.3 is 9.84 Å². The Hall–Kier alpha value is -3.33. The van der Waals surface area contributed by atoms with Crippen molar-refractivity contribution in [3.63, 3.8) is 0 Å². The number of hydrogen-bond acceptors (Lipinski definition) is 7. The summed E-state index contributed by atoms with van der Waals surface area (Å²) in [6.45, 7) is 3.50. The van der Waals surface area contributed by atoms with E-state index in [0.717, 1.165) is 0 Å². The van der Waals surface area contributed by atoms with Gasteiger partial charge in [0.1, 0.15) is 0 Å². The predicted molar refractivity (Wildman–Crippen MR) is 101 cm³/mol. The lowest BCUT2D eigenvalue weighted by Crippen LogP contribution is -2.29. The highest BCUT2D eigenvalue weighted by Crippen LogP contribution is 2.34. The molecule has 2 heterocycles. The monoisotopic (exact) mass is 411 g/mol. The zero-order valence-electron chi connectivity index (χ0n) is 15.7. The van der Waals surface area contributed by atoms with Crippen LogP contribution in [0.5, 0.6) is 0 Å². The molecule has 148 valence electrons. The highest BCUT2D eigenvalue weighted by Gasteiger charge is 2.35. The van der Waals surface area contributed by atoms with Crippen LogP contribution in [-0.2, 0) is 9.84 Å². The van der Waals surface area contributed by atoms with Gasteiger partial charge in [0.05, 0.1) is 15.8 Å². The van der Waals surface area contributed by atoms with Gasteiger partial charge in [-0.25, -0.2) is 8.42 Å². The number of fused-ring (bicyclic) bond motifs is 2. The summed E-state index contributed by atoms with van der Waals surface area (Å²) < 4.78 is 31.0. The maximum atomic E-state index is 13.0. The van der Waals surface area contributed by atoms with Crippen molar-refractivity contribution in [2.75, 3.05) is 0 Å². The van der Waals surface area contributed by atoms with Crippen LogP contribution in [0, 0.1) is 6.92 Å². The minimum absolute atomic E-state index is 0.0521. The fraction of sp³-hybridized carbons (Fsp3) is 0.200. The lowest BCUT2D eigenvalue weighted by atomic mass is 10.0. The van der Waals surface area contributed by atoms with Crippen molar-refractivity contribution in [2.45, 2.75) is 36.1 Å². The van der Waals surface area contributed by atoms with Gasteiger partial charge in [0, 0.05) is 23.6 Å². The fourth-order valence-electron chi connectivity index (χ4n) is 3.27. The zero-order chi connectivity index (χ0) is 20.8. The van der Waals surface area contributed by atoms with Crippen molar-refractivity contribution in [1.29, 1.82) is 0 Å². The molecule has 9 heteroatoms. The number of amides is 1. The standard InChI is InChI=1S/C20H17N3O5S/c1-3-15(19-21-11(2)28-23-19)22-20(25)12-8-9-14-17(10-12)29(26,27)16-7-5-4-6-13(16)18(14)24/h4-10,15H,3H2,1-2H3,(H,22,25). The number of sulfone groups is 1. The third-order valence-electron chi connectivity index (χ3n) is 4.77. The van der Waals surface area contributed by atoms with Gasteiger partial charge in [-0.15, -0.1) is 0 Å². The number of carbonyl (C=O) groups is 2. The lowest BCUT2D eigenvalue weighted by molar-refractivity contribution is 0.0931. The van der Waals surface area contributed by atoms with Gasteiger partial charge in [-0.05, 0) is 36.8 Å². The number of nitrogens with zero attached hydrogens (tertiary/aromatic N) is 2. The molecule has 1 amide bonds. The van der Waals surface area contributed by atoms with Crippen LogP contribution in [0.2, 0.25) is 0 Å². The Morgan fingerprint density at radius 1 is 1.14 bits per heavy atom. The SMILES string of the molecule is CCC(NC(=O)c1ccc2c(c1)S(=O)(=O)c1ccccc1C2=O)c1noc(C)n1. The largest absolute Gasteiger partial charge is 0.342 e. The van der Waals surface area contributed by atoms with Crippen LogP contribution < -0.4 is 5.32 Å². The first-order chi connectivity index (χ1) is 13.8. The zero-order valence-corrected chi connectivity index (χ0v) is 16.5. The minimum atomic E-state index is -3.91. The van der Waals surface area contributed by atoms with E-state index in [1.807, 2.05) is 6.92 Å². The molecule has 8 nitrogen and oxygen atoms in total. The Balaban J connectivity index is 1.70. The van der Waals surface area contributed by atoms with Crippen molar-refractivity contribution in [2.24, 2.45) is 0 Å². The first kappa shape index (κ1) is 19.0. The van der Waals surface area contributed by atoms with Gasteiger partial charge in [-0.3, -0.25) is 9.59 Å². The van der Waals surface area contributed by atoms with Crippen molar-refractivity contribution in [3.05, 3.63) is 70.9 Å². The average molecular weight is 411 g/mol. The van der Waals surface area contributed by atoms with Gasteiger partial charge in [0.2, 0.25) is 15.7 Å². The van der Waals surface area contributed by atoms with Crippen LogP contribution in [0.15, 0.2) is 56.8 Å². The topological polar surface area (TPSA) is 119 Å². The van der Waals surface area contributed by atoms with Crippen LogP contribution in [0.1, 0.15) is 57.4 Å². The van der Waals surface area contributed by atoms with Gasteiger partial charge in [-0.1, -0.05) is 24.2 Å². The molecule has 0 aliphatic carbocycles. The van der Waals surface area contributed by atoms with Crippen LogP contribution >= 0.6 is 0 Å². The molecule has 29 heavy (non-hydrogen) atoms. The van der Waals surface area contributed by atoms with Gasteiger partial charge >= 0.3 is 0 Å². The summed E-state index contributed by atoms with van der Waals surface area (Å²) in [6, 6.07) is 9.61. The van der Waals surface area contributed by atoms with E-state index in [4.69, 9.17) is 4.52 Å². The van der Waals surface area contributed by atoms with Gasteiger partial charge in [-0.2, -0.15) is 4.98 Å². The second kappa shape index (κ2) is 6.93. The summed E-state index contributed by atoms with van der Waals surface area (Å²) in [5, 5.41) is 6.59. The molecule has 0 saturated heterocycles. The molecule has 3 aromatic rings. The molecule has 4 rings (SSSR count). The van der Waals surface area contributed by atoms with Gasteiger partial charge in [0.25, 0.3) is 5.91 Å². The lowest BCUT2D eigenvalue weighted by Gasteiger charge is -2.19. The summed E-state index contributed by atoms with van der Waals surface area (Å²) in [5.74, 6) is -0.160. The molecule has 0 fully saturated rings. The normalized spacial score (nSPS) is 15.3. The summed E-state index contributed by atoms with van der Waals surface area (Å²) in [4.78, 5) is 29.3. The molecule has 2 aromatic carbocycles. The minimum Gasteiger partial charge on any atom is -0.342 e. The maximum absolute atomic E-state index is 13.0. The molecule has 0 bridgehead atoms. The first-order valence-corrected chi connectivity index (χ1v) is 10.4. The third-order valence-corrected chi connectivity index (χ3v) is 6.62. The molecule has 0 spiro atoms. The number of benzene rings is 2. The summed E-state index contributed by atoms with van der Waals surface area (Å²) in [5.41, 5.74) is 0.315. The van der Waals surface area contributed by atoms with Crippen LogP contribution in [0.3, 0.4) is 0 Å². The van der Waals surface area contributed by atoms with Crippen LogP contribution in [0.4, 0.5) is 0 Å². The van der Waals surface area contributed by atoms with E-state index >= 15 is 0 Å². The molecule has 1 N–H and O–H groups in total. The van der Waals surface area contributed by atoms with E-state index in [1.54, 1.807) is 19.1 Å². The Morgan fingerprint density at radius 3 is 2.55 bits per heavy atom. The van der Waals surface area contributed by atoms with E-state index in [9.17, 15) is 18.0 Å². The second-order valence-corrected chi connectivity index (χ2v) is 8.53. The summed E-state index contributed by atoms with van der Waals surface area (Å²) in [7, 11) is -3.91. The third kappa shape index (κ3) is 3.13. The number of aryl methyl sites for hydroxylation is 1. The quantitative estimate of drug-likeness (QED) is 0.548. The number of ketones is 1. The average Bonchev–Trinajstić information content (AvgIpc) is 3.16. The van der Waals surface area contributed by atoms with Crippen molar-refractivity contribution >= 4 is 21.5 Å². The molecule has 1 aromatic heterocycles. The molecule has 1 aliphatic rings.